The van der Waals surface area contributed by atoms with Crippen molar-refractivity contribution in [2.75, 3.05) is 11.9 Å². The number of fused-ring (bicyclic) bond motifs is 2. The van der Waals surface area contributed by atoms with E-state index >= 15 is 0 Å². The van der Waals surface area contributed by atoms with E-state index < -0.39 is 0 Å². The molecule has 1 aliphatic rings. The summed E-state index contributed by atoms with van der Waals surface area (Å²) in [5.74, 6) is 0. The predicted octanol–water partition coefficient (Wildman–Crippen LogP) is 2.81. The highest BCUT2D eigenvalue weighted by Gasteiger charge is 2.09. The molecule has 0 saturated carbocycles. The molecule has 0 aliphatic carbocycles. The summed E-state index contributed by atoms with van der Waals surface area (Å²) >= 11 is 0. The average molecular weight is 169 g/mol. The summed E-state index contributed by atoms with van der Waals surface area (Å²) in [6.45, 7) is 1.09. The molecule has 2 aromatic carbocycles. The topological polar surface area (TPSA) is 12.0 Å². The highest BCUT2D eigenvalue weighted by Crippen LogP contribution is 2.27. The van der Waals surface area contributed by atoms with Crippen LogP contribution in [0.3, 0.4) is 0 Å². The van der Waals surface area contributed by atoms with Gasteiger partial charge < -0.3 is 5.32 Å². The van der Waals surface area contributed by atoms with E-state index in [2.05, 4.69) is 41.7 Å². The van der Waals surface area contributed by atoms with Gasteiger partial charge in [-0.15, -0.1) is 0 Å². The molecule has 0 unspecified atom stereocenters. The second-order valence-electron chi connectivity index (χ2n) is 3.53. The van der Waals surface area contributed by atoms with Gasteiger partial charge >= 0.3 is 0 Å². The van der Waals surface area contributed by atoms with Gasteiger partial charge in [-0.05, 0) is 34.9 Å². The molecule has 0 fully saturated rings. The second kappa shape index (κ2) is 2.49. The zero-order valence-corrected chi connectivity index (χ0v) is 7.38. The van der Waals surface area contributed by atoms with Gasteiger partial charge in [-0.1, -0.05) is 24.3 Å². The number of nitrogens with one attached hydrogen (secondary N) is 1. The van der Waals surface area contributed by atoms with Crippen LogP contribution >= 0.6 is 0 Å². The Kier molecular flexibility index (Phi) is 1.33. The summed E-state index contributed by atoms with van der Waals surface area (Å²) < 4.78 is 0. The zero-order valence-electron chi connectivity index (χ0n) is 7.38. The molecule has 13 heavy (non-hydrogen) atoms. The van der Waals surface area contributed by atoms with Crippen LogP contribution in [0.15, 0.2) is 36.4 Å². The van der Waals surface area contributed by atoms with E-state index in [1.807, 2.05) is 0 Å². The van der Waals surface area contributed by atoms with Gasteiger partial charge in [0, 0.05) is 12.2 Å². The zero-order chi connectivity index (χ0) is 8.67. The fourth-order valence-corrected chi connectivity index (χ4v) is 1.99. The molecule has 0 aromatic heterocycles. The minimum absolute atomic E-state index is 1.09. The maximum Gasteiger partial charge on any atom is 0.0379 e. The van der Waals surface area contributed by atoms with Crippen LogP contribution < -0.4 is 5.32 Å². The Morgan fingerprint density at radius 2 is 1.77 bits per heavy atom. The molecule has 1 N–H and O–H groups in total. The fraction of sp³-hybridized carbons (Fsp3) is 0.167. The third-order valence-corrected chi connectivity index (χ3v) is 2.68. The quantitative estimate of drug-likeness (QED) is 0.639. The van der Waals surface area contributed by atoms with E-state index in [0.29, 0.717) is 0 Å². The Hall–Kier alpha value is -1.50. The lowest BCUT2D eigenvalue weighted by molar-refractivity contribution is 1.11. The molecule has 0 atom stereocenters. The summed E-state index contributed by atoms with van der Waals surface area (Å²) in [5, 5.41) is 6.07. The number of rotatable bonds is 0. The Morgan fingerprint density at radius 3 is 2.62 bits per heavy atom. The minimum atomic E-state index is 1.09. The molecule has 1 aliphatic heterocycles. The summed E-state index contributed by atoms with van der Waals surface area (Å²) in [6.07, 6.45) is 1.17. The predicted molar refractivity (Wildman–Crippen MR) is 56.1 cm³/mol. The molecule has 0 radical (unpaired) electrons. The Bertz CT molecular complexity index is 417. The second-order valence-corrected chi connectivity index (χ2v) is 3.53. The number of benzene rings is 2. The van der Waals surface area contributed by atoms with Gasteiger partial charge in [-0.25, -0.2) is 0 Å². The lowest BCUT2D eigenvalue weighted by Crippen LogP contribution is -1.90. The molecule has 2 aromatic rings. The van der Waals surface area contributed by atoms with Crippen molar-refractivity contribution in [2.24, 2.45) is 0 Å². The highest BCUT2D eigenvalue weighted by molar-refractivity contribution is 5.87. The van der Waals surface area contributed by atoms with Gasteiger partial charge in [-0.3, -0.25) is 0 Å². The Morgan fingerprint density at radius 1 is 1.00 bits per heavy atom. The van der Waals surface area contributed by atoms with E-state index in [9.17, 15) is 0 Å². The smallest absolute Gasteiger partial charge is 0.0379 e. The molecule has 64 valence electrons. The van der Waals surface area contributed by atoms with E-state index in [4.69, 9.17) is 0 Å². The van der Waals surface area contributed by atoms with Gasteiger partial charge in [0.05, 0.1) is 0 Å². The van der Waals surface area contributed by atoms with Gasteiger partial charge in [0.25, 0.3) is 0 Å². The lowest BCUT2D eigenvalue weighted by atomic mass is 10.1. The number of hydrogen-bond acceptors (Lipinski definition) is 1. The average Bonchev–Trinajstić information content (AvgIpc) is 2.61. The van der Waals surface area contributed by atoms with Crippen molar-refractivity contribution in [3.8, 4) is 0 Å². The van der Waals surface area contributed by atoms with Crippen molar-refractivity contribution in [3.63, 3.8) is 0 Å². The molecule has 1 nitrogen and oxygen atoms in total. The largest absolute Gasteiger partial charge is 0.384 e. The summed E-state index contributed by atoms with van der Waals surface area (Å²) in [4.78, 5) is 0. The van der Waals surface area contributed by atoms with Crippen molar-refractivity contribution < 1.29 is 0 Å². The number of anilines is 1. The van der Waals surface area contributed by atoms with Gasteiger partial charge in [0.2, 0.25) is 0 Å². The third kappa shape index (κ3) is 1.00. The third-order valence-electron chi connectivity index (χ3n) is 2.68. The van der Waals surface area contributed by atoms with Crippen LogP contribution in [0.2, 0.25) is 0 Å². The minimum Gasteiger partial charge on any atom is -0.384 e. The number of hydrogen-bond donors (Lipinski definition) is 1. The first-order valence-electron chi connectivity index (χ1n) is 4.69. The van der Waals surface area contributed by atoms with Gasteiger partial charge in [0.15, 0.2) is 0 Å². The van der Waals surface area contributed by atoms with Crippen LogP contribution in [0.4, 0.5) is 5.69 Å². The monoisotopic (exact) mass is 169 g/mol. The standard InChI is InChI=1S/C12H11N/c1-2-4-10-8-12-11(5-6-13-12)7-9(10)3-1/h1-4,7-8,13H,5-6H2. The highest BCUT2D eigenvalue weighted by atomic mass is 14.9. The first-order valence-corrected chi connectivity index (χ1v) is 4.69. The van der Waals surface area contributed by atoms with Crippen LogP contribution in [-0.4, -0.2) is 6.54 Å². The molecular formula is C12H11N. The molecule has 0 saturated heterocycles. The van der Waals surface area contributed by atoms with Crippen molar-refractivity contribution in [1.82, 2.24) is 0 Å². The molecule has 3 rings (SSSR count). The first-order chi connectivity index (χ1) is 6.43. The molecule has 0 spiro atoms. The molecule has 0 bridgehead atoms. The normalized spacial score (nSPS) is 14.2. The van der Waals surface area contributed by atoms with Gasteiger partial charge in [-0.2, -0.15) is 0 Å². The van der Waals surface area contributed by atoms with Crippen LogP contribution in [0.5, 0.6) is 0 Å². The van der Waals surface area contributed by atoms with E-state index in [1.54, 1.807) is 0 Å². The van der Waals surface area contributed by atoms with E-state index in [-0.39, 0.29) is 0 Å². The molecule has 0 amide bonds. The van der Waals surface area contributed by atoms with Crippen molar-refractivity contribution in [1.29, 1.82) is 0 Å². The van der Waals surface area contributed by atoms with E-state index in [1.165, 1.54) is 28.4 Å². The maximum absolute atomic E-state index is 3.39. The molecule has 1 heterocycles. The van der Waals surface area contributed by atoms with E-state index in [0.717, 1.165) is 6.54 Å². The summed E-state index contributed by atoms with van der Waals surface area (Å²) in [6, 6.07) is 13.1. The van der Waals surface area contributed by atoms with Crippen LogP contribution in [0.25, 0.3) is 10.8 Å². The Labute approximate surface area is 77.4 Å². The lowest BCUT2D eigenvalue weighted by Gasteiger charge is -2.02. The maximum atomic E-state index is 3.39. The Balaban J connectivity index is 2.36. The van der Waals surface area contributed by atoms with Crippen molar-refractivity contribution in [3.05, 3.63) is 42.0 Å². The van der Waals surface area contributed by atoms with Crippen LogP contribution in [-0.2, 0) is 6.42 Å². The fourth-order valence-electron chi connectivity index (χ4n) is 1.99. The van der Waals surface area contributed by atoms with Crippen molar-refractivity contribution in [2.45, 2.75) is 6.42 Å². The molecular weight excluding hydrogens is 158 g/mol. The van der Waals surface area contributed by atoms with Crippen LogP contribution in [0.1, 0.15) is 5.56 Å². The van der Waals surface area contributed by atoms with Crippen LogP contribution in [0, 0.1) is 0 Å². The summed E-state index contributed by atoms with van der Waals surface area (Å²) in [7, 11) is 0. The summed E-state index contributed by atoms with van der Waals surface area (Å²) in [5.41, 5.74) is 2.78. The first kappa shape index (κ1) is 6.96. The van der Waals surface area contributed by atoms with Crippen molar-refractivity contribution >= 4 is 16.5 Å². The van der Waals surface area contributed by atoms with Gasteiger partial charge in [0.1, 0.15) is 0 Å². The SMILES string of the molecule is c1ccc2cc3c(cc2c1)CCN3. The molecule has 1 heteroatoms.